The second kappa shape index (κ2) is 8.72. The van der Waals surface area contributed by atoms with Crippen LogP contribution in [-0.2, 0) is 7.05 Å². The van der Waals surface area contributed by atoms with Crippen LogP contribution in [0.15, 0.2) is 36.4 Å². The molecule has 1 aromatic heterocycles. The van der Waals surface area contributed by atoms with Gasteiger partial charge >= 0.3 is 0 Å². The summed E-state index contributed by atoms with van der Waals surface area (Å²) < 4.78 is 2.08. The minimum Gasteiger partial charge on any atom is -0.344 e. The molecule has 0 spiro atoms. The third-order valence-corrected chi connectivity index (χ3v) is 6.98. The van der Waals surface area contributed by atoms with Gasteiger partial charge in [-0.3, -0.25) is 0 Å². The first-order valence-corrected chi connectivity index (χ1v) is 11.0. The van der Waals surface area contributed by atoms with Crippen molar-refractivity contribution in [3.05, 3.63) is 36.4 Å². The average Bonchev–Trinajstić information content (AvgIpc) is 3.15. The summed E-state index contributed by atoms with van der Waals surface area (Å²) in [5, 5.41) is 1.88. The molecule has 0 bridgehead atoms. The van der Waals surface area contributed by atoms with Gasteiger partial charge in [-0.05, 0) is 46.5 Å². The maximum atomic E-state index is 6.31. The summed E-state index contributed by atoms with van der Waals surface area (Å²) in [4.78, 5) is 0. The molecule has 11 heteroatoms. The lowest BCUT2D eigenvalue weighted by Crippen LogP contribution is -2.55. The van der Waals surface area contributed by atoms with E-state index in [1.165, 1.54) is 0 Å². The normalized spacial score (nSPS) is 11.5. The van der Waals surface area contributed by atoms with Crippen LogP contribution in [0.2, 0.25) is 0 Å². The highest BCUT2D eigenvalue weighted by molar-refractivity contribution is 6.69. The molecule has 0 aliphatic rings. The van der Waals surface area contributed by atoms with Gasteiger partial charge in [-0.1, -0.05) is 34.0 Å². The van der Waals surface area contributed by atoms with Gasteiger partial charge in [0, 0.05) is 28.9 Å². The zero-order chi connectivity index (χ0) is 26.2. The molecule has 5 rings (SSSR count). The van der Waals surface area contributed by atoms with Gasteiger partial charge in [-0.15, -0.1) is 32.8 Å². The third kappa shape index (κ3) is 3.46. The summed E-state index contributed by atoms with van der Waals surface area (Å²) in [6.07, 6.45) is 0. The highest BCUT2D eigenvalue weighted by Gasteiger charge is 2.17. The zero-order valence-electron chi connectivity index (χ0n) is 19.7. The highest BCUT2D eigenvalue weighted by Crippen LogP contribution is 2.33. The predicted molar refractivity (Wildman–Crippen MR) is 165 cm³/mol. The van der Waals surface area contributed by atoms with E-state index >= 15 is 0 Å². The largest absolute Gasteiger partial charge is 0.344 e. The molecule has 0 saturated heterocycles. The quantitative estimate of drug-likeness (QED) is 0.246. The molecule has 0 atom stereocenters. The van der Waals surface area contributed by atoms with Crippen molar-refractivity contribution in [3.8, 4) is 22.3 Å². The molecule has 0 aliphatic heterocycles. The molecule has 0 fully saturated rings. The molecule has 0 N–H and O–H groups in total. The van der Waals surface area contributed by atoms with Crippen molar-refractivity contribution in [2.24, 2.45) is 7.05 Å². The van der Waals surface area contributed by atoms with Crippen LogP contribution < -0.4 is 54.6 Å². The van der Waals surface area contributed by atoms with Gasteiger partial charge in [0.2, 0.25) is 0 Å². The van der Waals surface area contributed by atoms with Gasteiger partial charge < -0.3 is 4.57 Å². The molecule has 20 radical (unpaired) electrons. The molecule has 4 aromatic carbocycles. The number of benzene rings is 4. The molecule has 36 heavy (non-hydrogen) atoms. The standard InChI is InChI=1S/C25H9B10N/c1-36-12-4-2-8(14-16(26)20(30)24(34)21(31)17(14)27)6-10(12)11-7-9(3-5-13(11)36)15-18(28)22(32)25(35)23(33)19(15)29/h2-7H,1H3. The summed E-state index contributed by atoms with van der Waals surface area (Å²) in [5.41, 5.74) is 6.72. The van der Waals surface area contributed by atoms with Crippen LogP contribution in [0.1, 0.15) is 0 Å². The van der Waals surface area contributed by atoms with E-state index in [2.05, 4.69) is 4.57 Å². The number of aryl methyl sites for hydroxylation is 1. The number of aromatic nitrogens is 1. The summed E-state index contributed by atoms with van der Waals surface area (Å²) >= 11 is 0. The van der Waals surface area contributed by atoms with E-state index < -0.39 is 0 Å². The van der Waals surface area contributed by atoms with Crippen molar-refractivity contribution in [1.82, 2.24) is 4.57 Å². The average molecular weight is 431 g/mol. The molecular weight excluding hydrogens is 422 g/mol. The van der Waals surface area contributed by atoms with Gasteiger partial charge in [0.15, 0.2) is 0 Å². The lowest BCUT2D eigenvalue weighted by molar-refractivity contribution is 1.01. The second-order valence-electron chi connectivity index (χ2n) is 8.91. The monoisotopic (exact) mass is 433 g/mol. The summed E-state index contributed by atoms with van der Waals surface area (Å²) in [7, 11) is 63.6. The zero-order valence-corrected chi connectivity index (χ0v) is 19.7. The predicted octanol–water partition coefficient (Wildman–Crippen LogP) is -5.40. The molecule has 0 aliphatic carbocycles. The maximum Gasteiger partial charge on any atom is 0.113 e. The van der Waals surface area contributed by atoms with E-state index in [0.29, 0.717) is 11.1 Å². The topological polar surface area (TPSA) is 4.93 Å². The van der Waals surface area contributed by atoms with E-state index in [0.717, 1.165) is 32.9 Å². The van der Waals surface area contributed by atoms with Crippen molar-refractivity contribution < 1.29 is 0 Å². The van der Waals surface area contributed by atoms with E-state index in [9.17, 15) is 0 Å². The lowest BCUT2D eigenvalue weighted by atomic mass is 9.59. The van der Waals surface area contributed by atoms with E-state index in [4.69, 9.17) is 78.5 Å². The molecule has 0 saturated carbocycles. The smallest absolute Gasteiger partial charge is 0.113 e. The fourth-order valence-corrected chi connectivity index (χ4v) is 4.85. The van der Waals surface area contributed by atoms with Crippen molar-refractivity contribution in [3.63, 3.8) is 0 Å². The Morgan fingerprint density at radius 1 is 0.417 bits per heavy atom. The summed E-state index contributed by atoms with van der Waals surface area (Å²) in [6.45, 7) is 0. The number of rotatable bonds is 2. The highest BCUT2D eigenvalue weighted by atomic mass is 14.9. The minimum atomic E-state index is 0.168. The SMILES string of the molecule is [B]c1c([B])c([B])c(-c2ccc3c(c2)c2cc(-c4c([B])c([B])c([B])c([B])c4[B])ccc2n3C)c([B])c1[B]. The van der Waals surface area contributed by atoms with Gasteiger partial charge in [-0.25, -0.2) is 0 Å². The van der Waals surface area contributed by atoms with Crippen LogP contribution in [0.5, 0.6) is 0 Å². The molecule has 5 aromatic rings. The Labute approximate surface area is 224 Å². The Hall–Kier alpha value is -2.67. The summed E-state index contributed by atoms with van der Waals surface area (Å²) in [5.74, 6) is 0. The number of hydrogen-bond acceptors (Lipinski definition) is 0. The minimum absolute atomic E-state index is 0.168. The summed E-state index contributed by atoms with van der Waals surface area (Å²) in [6, 6.07) is 11.8. The van der Waals surface area contributed by atoms with Gasteiger partial charge in [0.1, 0.15) is 78.5 Å². The lowest BCUT2D eigenvalue weighted by Gasteiger charge is -2.21. The van der Waals surface area contributed by atoms with Crippen LogP contribution in [0.3, 0.4) is 0 Å². The molecule has 0 amide bonds. The second-order valence-corrected chi connectivity index (χ2v) is 8.91. The van der Waals surface area contributed by atoms with Crippen molar-refractivity contribution >= 4 is 155 Å². The Morgan fingerprint density at radius 2 is 0.694 bits per heavy atom. The Kier molecular flexibility index (Phi) is 6.05. The Bertz CT molecular complexity index is 1570. The van der Waals surface area contributed by atoms with Gasteiger partial charge in [0.05, 0.1) is 0 Å². The van der Waals surface area contributed by atoms with Crippen LogP contribution in [-0.4, -0.2) is 83.0 Å². The molecule has 1 heterocycles. The Balaban J connectivity index is 1.82. The Morgan fingerprint density at radius 3 is 1.00 bits per heavy atom. The number of hydrogen-bond donors (Lipinski definition) is 0. The van der Waals surface area contributed by atoms with Crippen LogP contribution >= 0.6 is 0 Å². The molecule has 144 valence electrons. The molecule has 1 nitrogen and oxygen atoms in total. The van der Waals surface area contributed by atoms with Crippen LogP contribution in [0.25, 0.3) is 44.1 Å². The van der Waals surface area contributed by atoms with Crippen molar-refractivity contribution in [2.45, 2.75) is 0 Å². The molecule has 0 unspecified atom stereocenters. The van der Waals surface area contributed by atoms with Crippen LogP contribution in [0, 0.1) is 0 Å². The first-order chi connectivity index (χ1) is 17.0. The maximum absolute atomic E-state index is 6.31. The first-order valence-electron chi connectivity index (χ1n) is 11.0. The fraction of sp³-hybridized carbons (Fsp3) is 0.0400. The van der Waals surface area contributed by atoms with E-state index in [-0.39, 0.29) is 54.6 Å². The fourth-order valence-electron chi connectivity index (χ4n) is 4.85. The first kappa shape index (κ1) is 25.0. The number of nitrogens with zero attached hydrogens (tertiary/aromatic N) is 1. The van der Waals surface area contributed by atoms with Gasteiger partial charge in [-0.2, -0.15) is 0 Å². The number of fused-ring (bicyclic) bond motifs is 3. The third-order valence-electron chi connectivity index (χ3n) is 6.98. The molecular formula is C25H9B10N. The van der Waals surface area contributed by atoms with E-state index in [1.54, 1.807) is 0 Å². The van der Waals surface area contributed by atoms with Crippen LogP contribution in [0.4, 0.5) is 0 Å². The van der Waals surface area contributed by atoms with Crippen molar-refractivity contribution in [1.29, 1.82) is 0 Å². The van der Waals surface area contributed by atoms with Gasteiger partial charge in [0.25, 0.3) is 0 Å². The van der Waals surface area contributed by atoms with Crippen molar-refractivity contribution in [2.75, 3.05) is 0 Å². The van der Waals surface area contributed by atoms with E-state index in [1.807, 2.05) is 43.4 Å².